The number of hydrogen-bond donors (Lipinski definition) is 0. The maximum absolute atomic E-state index is 13.1. The Labute approximate surface area is 197 Å². The summed E-state index contributed by atoms with van der Waals surface area (Å²) in [6, 6.07) is 9.73. The van der Waals surface area contributed by atoms with Crippen LogP contribution in [0.4, 0.5) is 11.4 Å². The third-order valence-corrected chi connectivity index (χ3v) is 8.06. The molecule has 2 aliphatic rings. The lowest BCUT2D eigenvalue weighted by Gasteiger charge is -2.29. The van der Waals surface area contributed by atoms with E-state index in [0.29, 0.717) is 43.5 Å². The highest BCUT2D eigenvalue weighted by molar-refractivity contribution is 7.89. The molecule has 0 radical (unpaired) electrons. The van der Waals surface area contributed by atoms with E-state index >= 15 is 0 Å². The molecule has 4 rings (SSSR count). The summed E-state index contributed by atoms with van der Waals surface area (Å²) in [5, 5.41) is 11.0. The second-order valence-electron chi connectivity index (χ2n) is 8.41. The quantitative estimate of drug-likeness (QED) is 0.348. The van der Waals surface area contributed by atoms with Crippen molar-refractivity contribution in [2.24, 2.45) is 0 Å². The SMILES string of the molecule is Cc1ccc(S(=O)(=O)N2CCC[C@H]2C(=O)OCC(=O)N2CCCc3cc([N+](=O)[O-])ccc32)cc1. The van der Waals surface area contributed by atoms with Crippen LogP contribution < -0.4 is 4.90 Å². The Morgan fingerprint density at radius 2 is 1.85 bits per heavy atom. The molecule has 0 spiro atoms. The smallest absolute Gasteiger partial charge is 0.324 e. The molecule has 11 heteroatoms. The van der Waals surface area contributed by atoms with Gasteiger partial charge in [-0.3, -0.25) is 19.7 Å². The number of carbonyl (C=O) groups excluding carboxylic acids is 2. The highest BCUT2D eigenvalue weighted by atomic mass is 32.2. The molecule has 2 aliphatic heterocycles. The van der Waals surface area contributed by atoms with E-state index in [1.807, 2.05) is 6.92 Å². The molecule has 1 saturated heterocycles. The molecule has 180 valence electrons. The van der Waals surface area contributed by atoms with Crippen molar-refractivity contribution in [3.63, 3.8) is 0 Å². The van der Waals surface area contributed by atoms with E-state index in [-0.39, 0.29) is 17.1 Å². The first kappa shape index (κ1) is 23.8. The van der Waals surface area contributed by atoms with Gasteiger partial charge in [-0.05, 0) is 56.4 Å². The van der Waals surface area contributed by atoms with Crippen LogP contribution in [-0.4, -0.2) is 55.3 Å². The average Bonchev–Trinajstić information content (AvgIpc) is 3.33. The minimum absolute atomic E-state index is 0.0458. The monoisotopic (exact) mass is 487 g/mol. The first-order valence-corrected chi connectivity index (χ1v) is 12.5. The van der Waals surface area contributed by atoms with Crippen LogP contribution in [-0.2, 0) is 30.8 Å². The van der Waals surface area contributed by atoms with E-state index in [9.17, 15) is 28.1 Å². The third kappa shape index (κ3) is 4.66. The summed E-state index contributed by atoms with van der Waals surface area (Å²) < 4.78 is 32.5. The number of non-ortho nitro benzene ring substituents is 1. The number of sulfonamides is 1. The Bertz CT molecular complexity index is 1230. The van der Waals surface area contributed by atoms with Crippen LogP contribution in [0.15, 0.2) is 47.4 Å². The number of nitro benzene ring substituents is 1. The molecule has 1 atom stereocenters. The van der Waals surface area contributed by atoms with E-state index in [1.165, 1.54) is 35.2 Å². The second-order valence-corrected chi connectivity index (χ2v) is 10.3. The molecule has 10 nitrogen and oxygen atoms in total. The minimum Gasteiger partial charge on any atom is -0.454 e. The van der Waals surface area contributed by atoms with Gasteiger partial charge >= 0.3 is 5.97 Å². The van der Waals surface area contributed by atoms with Crippen molar-refractivity contribution in [3.05, 3.63) is 63.7 Å². The maximum Gasteiger partial charge on any atom is 0.324 e. The molecule has 2 aromatic carbocycles. The van der Waals surface area contributed by atoms with Crippen molar-refractivity contribution >= 4 is 33.3 Å². The Balaban J connectivity index is 1.43. The van der Waals surface area contributed by atoms with Gasteiger partial charge in [0.2, 0.25) is 10.0 Å². The van der Waals surface area contributed by atoms with Crippen molar-refractivity contribution in [3.8, 4) is 0 Å². The molecule has 1 fully saturated rings. The van der Waals surface area contributed by atoms with Crippen molar-refractivity contribution in [2.75, 3.05) is 24.6 Å². The lowest BCUT2D eigenvalue weighted by Crippen LogP contribution is -2.43. The number of nitro groups is 1. The maximum atomic E-state index is 13.1. The zero-order valence-corrected chi connectivity index (χ0v) is 19.5. The van der Waals surface area contributed by atoms with Gasteiger partial charge in [-0.25, -0.2) is 8.42 Å². The molecular formula is C23H25N3O7S. The summed E-state index contributed by atoms with van der Waals surface area (Å²) in [6.07, 6.45) is 2.05. The van der Waals surface area contributed by atoms with E-state index in [4.69, 9.17) is 4.74 Å². The fourth-order valence-corrected chi connectivity index (χ4v) is 6.02. The fraction of sp³-hybridized carbons (Fsp3) is 0.391. The number of benzene rings is 2. The van der Waals surface area contributed by atoms with Gasteiger partial charge in [0, 0.05) is 30.9 Å². The van der Waals surface area contributed by atoms with Gasteiger partial charge < -0.3 is 9.64 Å². The van der Waals surface area contributed by atoms with Gasteiger partial charge in [-0.15, -0.1) is 0 Å². The van der Waals surface area contributed by atoms with Gasteiger partial charge in [0.15, 0.2) is 6.61 Å². The van der Waals surface area contributed by atoms with E-state index in [1.54, 1.807) is 12.1 Å². The van der Waals surface area contributed by atoms with Crippen LogP contribution in [0.3, 0.4) is 0 Å². The number of fused-ring (bicyclic) bond motifs is 1. The predicted octanol–water partition coefficient (Wildman–Crippen LogP) is 2.58. The van der Waals surface area contributed by atoms with Crippen LogP contribution in [0.1, 0.15) is 30.4 Å². The largest absolute Gasteiger partial charge is 0.454 e. The summed E-state index contributed by atoms with van der Waals surface area (Å²) >= 11 is 0. The Hall–Kier alpha value is -3.31. The first-order valence-electron chi connectivity index (χ1n) is 11.0. The van der Waals surface area contributed by atoms with Crippen LogP contribution in [0.2, 0.25) is 0 Å². The predicted molar refractivity (Wildman–Crippen MR) is 123 cm³/mol. The van der Waals surface area contributed by atoms with Crippen molar-refractivity contribution < 1.29 is 27.7 Å². The van der Waals surface area contributed by atoms with Gasteiger partial charge in [-0.1, -0.05) is 17.7 Å². The number of esters is 1. The molecular weight excluding hydrogens is 462 g/mol. The first-order chi connectivity index (χ1) is 16.2. The molecule has 0 bridgehead atoms. The number of hydrogen-bond acceptors (Lipinski definition) is 7. The second kappa shape index (κ2) is 9.51. The van der Waals surface area contributed by atoms with Gasteiger partial charge in [0.05, 0.1) is 9.82 Å². The van der Waals surface area contributed by atoms with Gasteiger partial charge in [0.25, 0.3) is 11.6 Å². The topological polar surface area (TPSA) is 127 Å². The Kier molecular flexibility index (Phi) is 6.67. The number of amides is 1. The molecule has 0 aliphatic carbocycles. The van der Waals surface area contributed by atoms with Crippen LogP contribution in [0.25, 0.3) is 0 Å². The molecule has 0 unspecified atom stereocenters. The number of ether oxygens (including phenoxy) is 1. The molecule has 1 amide bonds. The molecule has 0 N–H and O–H groups in total. The molecule has 2 heterocycles. The highest BCUT2D eigenvalue weighted by Crippen LogP contribution is 2.31. The highest BCUT2D eigenvalue weighted by Gasteiger charge is 2.40. The molecule has 0 saturated carbocycles. The van der Waals surface area contributed by atoms with Crippen LogP contribution in [0, 0.1) is 17.0 Å². The van der Waals surface area contributed by atoms with E-state index in [2.05, 4.69) is 0 Å². The van der Waals surface area contributed by atoms with E-state index < -0.39 is 39.5 Å². The lowest BCUT2D eigenvalue weighted by molar-refractivity contribution is -0.384. The summed E-state index contributed by atoms with van der Waals surface area (Å²) in [7, 11) is -3.88. The number of aryl methyl sites for hydroxylation is 2. The van der Waals surface area contributed by atoms with E-state index in [0.717, 1.165) is 9.87 Å². The number of nitrogens with zero attached hydrogens (tertiary/aromatic N) is 3. The normalized spacial score (nSPS) is 18.4. The average molecular weight is 488 g/mol. The molecule has 0 aromatic heterocycles. The summed E-state index contributed by atoms with van der Waals surface area (Å²) in [5.74, 6) is -1.23. The summed E-state index contributed by atoms with van der Waals surface area (Å²) in [5.41, 5.74) is 2.12. The Morgan fingerprint density at radius 1 is 1.12 bits per heavy atom. The number of anilines is 1. The Morgan fingerprint density at radius 3 is 2.56 bits per heavy atom. The summed E-state index contributed by atoms with van der Waals surface area (Å²) in [6.45, 7) is 1.91. The van der Waals surface area contributed by atoms with Gasteiger partial charge in [-0.2, -0.15) is 4.31 Å². The minimum atomic E-state index is -3.88. The summed E-state index contributed by atoms with van der Waals surface area (Å²) in [4.78, 5) is 37.7. The molecule has 34 heavy (non-hydrogen) atoms. The third-order valence-electron chi connectivity index (χ3n) is 6.13. The van der Waals surface area contributed by atoms with Crippen LogP contribution in [0.5, 0.6) is 0 Å². The number of rotatable bonds is 6. The zero-order valence-electron chi connectivity index (χ0n) is 18.7. The van der Waals surface area contributed by atoms with Gasteiger partial charge in [0.1, 0.15) is 6.04 Å². The fourth-order valence-electron chi connectivity index (χ4n) is 4.37. The molecule has 2 aromatic rings. The lowest BCUT2D eigenvalue weighted by atomic mass is 10.0. The van der Waals surface area contributed by atoms with Crippen LogP contribution >= 0.6 is 0 Å². The van der Waals surface area contributed by atoms with Crippen molar-refractivity contribution in [1.82, 2.24) is 4.31 Å². The zero-order chi connectivity index (χ0) is 24.5. The van der Waals surface area contributed by atoms with Crippen molar-refractivity contribution in [2.45, 2.75) is 43.5 Å². The number of carbonyl (C=O) groups is 2. The van der Waals surface area contributed by atoms with Crippen molar-refractivity contribution in [1.29, 1.82) is 0 Å². The standard InChI is InChI=1S/C23H25N3O7S/c1-16-6-9-19(10-7-16)34(31,32)25-13-3-5-21(25)23(28)33-15-22(27)24-12-2-4-17-14-18(26(29)30)8-11-20(17)24/h6-11,14,21H,2-5,12-13,15H2,1H3/t21-/m0/s1.